The maximum atomic E-state index is 11.3. The van der Waals surface area contributed by atoms with Crippen LogP contribution in [0.15, 0.2) is 12.2 Å². The summed E-state index contributed by atoms with van der Waals surface area (Å²) >= 11 is 0. The Balaban J connectivity index is 2.09. The highest BCUT2D eigenvalue weighted by atomic mass is 17.2. The van der Waals surface area contributed by atoms with Crippen LogP contribution in [0, 0.1) is 0 Å². The van der Waals surface area contributed by atoms with Crippen molar-refractivity contribution < 1.29 is 19.3 Å². The fourth-order valence-corrected chi connectivity index (χ4v) is 1.90. The Hall–Kier alpha value is -0.710. The average molecular weight is 226 g/mol. The van der Waals surface area contributed by atoms with Crippen LogP contribution in [0.3, 0.4) is 0 Å². The zero-order chi connectivity index (χ0) is 11.8. The number of allylic oxidation sites excluding steroid dienone is 1. The van der Waals surface area contributed by atoms with Gasteiger partial charge in [0.15, 0.2) is 11.4 Å². The Morgan fingerprint density at radius 1 is 1.50 bits per heavy atom. The number of fused-ring (bicyclic) bond motifs is 1. The normalized spacial score (nSPS) is 34.2. The van der Waals surface area contributed by atoms with E-state index in [-0.39, 0.29) is 17.5 Å². The van der Waals surface area contributed by atoms with Gasteiger partial charge in [-0.3, -0.25) is 4.79 Å². The summed E-state index contributed by atoms with van der Waals surface area (Å²) in [6, 6.07) is 0. The summed E-state index contributed by atoms with van der Waals surface area (Å²) in [6.45, 7) is 6.38. The summed E-state index contributed by atoms with van der Waals surface area (Å²) in [5.41, 5.74) is -0.932. The lowest BCUT2D eigenvalue weighted by Gasteiger charge is -2.34. The molecule has 1 heterocycles. The van der Waals surface area contributed by atoms with E-state index >= 15 is 0 Å². The number of ether oxygens (including phenoxy) is 1. The molecule has 1 aliphatic heterocycles. The topological polar surface area (TPSA) is 44.8 Å². The Bertz CT molecular complexity index is 315. The average Bonchev–Trinajstić information content (AvgIpc) is 2.57. The molecule has 1 saturated heterocycles. The fourth-order valence-electron chi connectivity index (χ4n) is 1.90. The smallest absolute Gasteiger partial charge is 0.158 e. The lowest BCUT2D eigenvalue weighted by atomic mass is 9.87. The van der Waals surface area contributed by atoms with Crippen molar-refractivity contribution in [2.45, 2.75) is 50.9 Å². The van der Waals surface area contributed by atoms with E-state index in [1.54, 1.807) is 12.2 Å². The standard InChI is InChI=1S/C12H18O4/c1-11(2,3)15-16-12-5-4-9(13)8-10(12)14-7-6-12/h4-5,10H,6-8H2,1-3H3/t10-,12+/m1/s1. The third-order valence-corrected chi connectivity index (χ3v) is 2.74. The van der Waals surface area contributed by atoms with Gasteiger partial charge in [0.05, 0.1) is 12.2 Å². The maximum absolute atomic E-state index is 11.3. The second-order valence-electron chi connectivity index (χ2n) is 5.35. The molecular weight excluding hydrogens is 208 g/mol. The zero-order valence-corrected chi connectivity index (χ0v) is 9.99. The summed E-state index contributed by atoms with van der Waals surface area (Å²) in [5, 5.41) is 0. The molecule has 0 saturated carbocycles. The molecule has 0 N–H and O–H groups in total. The van der Waals surface area contributed by atoms with E-state index in [9.17, 15) is 4.79 Å². The third kappa shape index (κ3) is 2.34. The van der Waals surface area contributed by atoms with E-state index in [1.807, 2.05) is 20.8 Å². The summed E-state index contributed by atoms with van der Waals surface area (Å²) in [4.78, 5) is 22.2. The molecule has 0 aromatic heterocycles. The summed E-state index contributed by atoms with van der Waals surface area (Å²) in [5.74, 6) is 0.0851. The Morgan fingerprint density at radius 2 is 2.25 bits per heavy atom. The van der Waals surface area contributed by atoms with Crippen LogP contribution in [0.25, 0.3) is 0 Å². The molecule has 4 nitrogen and oxygen atoms in total. The molecule has 1 fully saturated rings. The highest BCUT2D eigenvalue weighted by Gasteiger charge is 2.48. The largest absolute Gasteiger partial charge is 0.374 e. The SMILES string of the molecule is CC(C)(C)OO[C@]12C=CC(=O)C[C@H]1OCC2. The van der Waals surface area contributed by atoms with Gasteiger partial charge in [-0.2, -0.15) is 0 Å². The van der Waals surface area contributed by atoms with Crippen molar-refractivity contribution in [1.82, 2.24) is 0 Å². The highest BCUT2D eigenvalue weighted by molar-refractivity contribution is 5.91. The van der Waals surface area contributed by atoms with Crippen LogP contribution in [0.1, 0.15) is 33.6 Å². The van der Waals surface area contributed by atoms with Crippen LogP contribution in [-0.2, 0) is 19.3 Å². The van der Waals surface area contributed by atoms with E-state index in [1.165, 1.54) is 0 Å². The van der Waals surface area contributed by atoms with E-state index in [0.29, 0.717) is 13.0 Å². The van der Waals surface area contributed by atoms with Crippen molar-refractivity contribution in [2.75, 3.05) is 6.61 Å². The second kappa shape index (κ2) is 3.95. The molecule has 2 atom stereocenters. The van der Waals surface area contributed by atoms with Crippen LogP contribution in [0.4, 0.5) is 0 Å². The number of hydrogen-bond donors (Lipinski definition) is 0. The molecule has 0 spiro atoms. The van der Waals surface area contributed by atoms with Crippen molar-refractivity contribution >= 4 is 5.78 Å². The predicted molar refractivity (Wildman–Crippen MR) is 57.8 cm³/mol. The second-order valence-corrected chi connectivity index (χ2v) is 5.35. The molecule has 0 aromatic carbocycles. The molecule has 0 radical (unpaired) electrons. The molecule has 90 valence electrons. The molecule has 16 heavy (non-hydrogen) atoms. The molecule has 0 bridgehead atoms. The van der Waals surface area contributed by atoms with Gasteiger partial charge in [0.1, 0.15) is 6.10 Å². The minimum atomic E-state index is -0.568. The van der Waals surface area contributed by atoms with Gasteiger partial charge < -0.3 is 4.74 Å². The zero-order valence-electron chi connectivity index (χ0n) is 9.99. The van der Waals surface area contributed by atoms with Gasteiger partial charge in [0.25, 0.3) is 0 Å². The monoisotopic (exact) mass is 226 g/mol. The molecule has 2 aliphatic rings. The Labute approximate surface area is 95.5 Å². The Kier molecular flexibility index (Phi) is 2.90. The van der Waals surface area contributed by atoms with Crippen LogP contribution < -0.4 is 0 Å². The lowest BCUT2D eigenvalue weighted by Crippen LogP contribution is -2.44. The third-order valence-electron chi connectivity index (χ3n) is 2.74. The molecule has 1 aliphatic carbocycles. The first-order valence-electron chi connectivity index (χ1n) is 5.62. The van der Waals surface area contributed by atoms with E-state index in [2.05, 4.69) is 0 Å². The first-order chi connectivity index (χ1) is 7.41. The highest BCUT2D eigenvalue weighted by Crippen LogP contribution is 2.37. The quantitative estimate of drug-likeness (QED) is 0.532. The first-order valence-corrected chi connectivity index (χ1v) is 5.62. The number of ketones is 1. The van der Waals surface area contributed by atoms with E-state index < -0.39 is 5.60 Å². The molecule has 2 rings (SSSR count). The fraction of sp³-hybridized carbons (Fsp3) is 0.750. The van der Waals surface area contributed by atoms with Gasteiger partial charge in [-0.15, -0.1) is 0 Å². The molecule has 0 unspecified atom stereocenters. The minimum Gasteiger partial charge on any atom is -0.374 e. The molecule has 4 heteroatoms. The van der Waals surface area contributed by atoms with E-state index in [4.69, 9.17) is 14.5 Å². The predicted octanol–water partition coefficient (Wildman–Crippen LogP) is 1.79. The molecule has 0 aromatic rings. The number of carbonyl (C=O) groups is 1. The maximum Gasteiger partial charge on any atom is 0.158 e. The van der Waals surface area contributed by atoms with Crippen molar-refractivity contribution in [3.63, 3.8) is 0 Å². The van der Waals surface area contributed by atoms with Gasteiger partial charge in [-0.05, 0) is 32.9 Å². The first kappa shape index (κ1) is 11.8. The molecular formula is C12H18O4. The summed E-state index contributed by atoms with van der Waals surface area (Å²) < 4.78 is 5.52. The number of hydrogen-bond acceptors (Lipinski definition) is 4. The Morgan fingerprint density at radius 3 is 2.94 bits per heavy atom. The van der Waals surface area contributed by atoms with Crippen molar-refractivity contribution in [3.8, 4) is 0 Å². The van der Waals surface area contributed by atoms with Crippen molar-refractivity contribution in [1.29, 1.82) is 0 Å². The number of rotatable bonds is 2. The molecule has 0 amide bonds. The van der Waals surface area contributed by atoms with Gasteiger partial charge in [0, 0.05) is 12.8 Å². The van der Waals surface area contributed by atoms with Crippen molar-refractivity contribution in [3.05, 3.63) is 12.2 Å². The minimum absolute atomic E-state index is 0.0851. The van der Waals surface area contributed by atoms with Gasteiger partial charge in [-0.25, -0.2) is 9.78 Å². The van der Waals surface area contributed by atoms with Crippen LogP contribution in [0.2, 0.25) is 0 Å². The van der Waals surface area contributed by atoms with Crippen LogP contribution in [-0.4, -0.2) is 29.7 Å². The van der Waals surface area contributed by atoms with Crippen LogP contribution in [0.5, 0.6) is 0 Å². The van der Waals surface area contributed by atoms with Crippen LogP contribution >= 0.6 is 0 Å². The van der Waals surface area contributed by atoms with Gasteiger partial charge >= 0.3 is 0 Å². The van der Waals surface area contributed by atoms with Gasteiger partial charge in [0.2, 0.25) is 0 Å². The summed E-state index contributed by atoms with van der Waals surface area (Å²) in [7, 11) is 0. The lowest BCUT2D eigenvalue weighted by molar-refractivity contribution is -0.398. The number of carbonyl (C=O) groups excluding carboxylic acids is 1. The van der Waals surface area contributed by atoms with Crippen molar-refractivity contribution in [2.24, 2.45) is 0 Å². The summed E-state index contributed by atoms with van der Waals surface area (Å²) in [6.07, 6.45) is 4.26. The van der Waals surface area contributed by atoms with E-state index in [0.717, 1.165) is 6.42 Å². The van der Waals surface area contributed by atoms with Gasteiger partial charge in [-0.1, -0.05) is 0 Å².